The van der Waals surface area contributed by atoms with Crippen LogP contribution in [0, 0.1) is 23.0 Å². The molecule has 1 aliphatic heterocycles. The normalized spacial score (nSPS) is 16.9. The van der Waals surface area contributed by atoms with Crippen LogP contribution in [0.3, 0.4) is 0 Å². The first-order valence-corrected chi connectivity index (χ1v) is 9.32. The number of aromatic nitrogens is 2. The lowest BCUT2D eigenvalue weighted by molar-refractivity contribution is -0.384. The first-order chi connectivity index (χ1) is 14.1. The van der Waals surface area contributed by atoms with Gasteiger partial charge in [-0.15, -0.1) is 0 Å². The number of halogens is 3. The minimum atomic E-state index is -4.46. The lowest BCUT2D eigenvalue weighted by atomic mass is 9.97. The standard InChI is InChI=1S/C19H20F3N5O3/c1-12-8-16(25-17(24-12)13-4-2-6-15(9-13)27(29)30)26-7-3-5-14(10-26)18(28)23-11-19(20,21)22/h2,4,6,8-9,14H,3,5,7,10-11H2,1H3,(H,23,28). The number of non-ortho nitro benzene ring substituents is 1. The Balaban J connectivity index is 1.79. The molecule has 1 N–H and O–H groups in total. The monoisotopic (exact) mass is 423 g/mol. The van der Waals surface area contributed by atoms with Crippen LogP contribution < -0.4 is 10.2 Å². The number of aryl methyl sites for hydroxylation is 1. The summed E-state index contributed by atoms with van der Waals surface area (Å²) in [6, 6.07) is 7.67. The van der Waals surface area contributed by atoms with Crippen molar-refractivity contribution in [1.82, 2.24) is 15.3 Å². The van der Waals surface area contributed by atoms with Crippen LogP contribution in [0.5, 0.6) is 0 Å². The Labute approximate surface area is 170 Å². The molecule has 2 heterocycles. The summed E-state index contributed by atoms with van der Waals surface area (Å²) in [4.78, 5) is 33.3. The molecule has 1 aliphatic rings. The summed E-state index contributed by atoms with van der Waals surface area (Å²) in [5.41, 5.74) is 1.02. The summed E-state index contributed by atoms with van der Waals surface area (Å²) in [6.45, 7) is 1.22. The molecule has 0 radical (unpaired) electrons. The molecule has 30 heavy (non-hydrogen) atoms. The van der Waals surface area contributed by atoms with Gasteiger partial charge in [0.25, 0.3) is 5.69 Å². The maximum absolute atomic E-state index is 12.4. The van der Waals surface area contributed by atoms with Gasteiger partial charge in [-0.2, -0.15) is 13.2 Å². The zero-order valence-corrected chi connectivity index (χ0v) is 16.1. The van der Waals surface area contributed by atoms with E-state index in [0.29, 0.717) is 42.3 Å². The van der Waals surface area contributed by atoms with Crippen molar-refractivity contribution in [1.29, 1.82) is 0 Å². The van der Waals surface area contributed by atoms with Crippen LogP contribution in [0.4, 0.5) is 24.7 Å². The van der Waals surface area contributed by atoms with Crippen molar-refractivity contribution in [2.75, 3.05) is 24.5 Å². The van der Waals surface area contributed by atoms with E-state index in [0.717, 1.165) is 0 Å². The van der Waals surface area contributed by atoms with E-state index in [1.54, 1.807) is 25.1 Å². The Kier molecular flexibility index (Phi) is 6.18. The number of hydrogen-bond acceptors (Lipinski definition) is 6. The lowest BCUT2D eigenvalue weighted by Crippen LogP contribution is -2.45. The number of nitro groups is 1. The molecule has 1 unspecified atom stereocenters. The molecule has 1 atom stereocenters. The maximum Gasteiger partial charge on any atom is 0.405 e. The van der Waals surface area contributed by atoms with Gasteiger partial charge >= 0.3 is 6.18 Å². The van der Waals surface area contributed by atoms with Crippen molar-refractivity contribution in [2.45, 2.75) is 25.9 Å². The van der Waals surface area contributed by atoms with E-state index in [1.807, 2.05) is 10.2 Å². The molecule has 0 aliphatic carbocycles. The average molecular weight is 423 g/mol. The van der Waals surface area contributed by atoms with Gasteiger partial charge < -0.3 is 10.2 Å². The maximum atomic E-state index is 12.4. The Hall–Kier alpha value is -3.24. The van der Waals surface area contributed by atoms with Crippen molar-refractivity contribution < 1.29 is 22.9 Å². The van der Waals surface area contributed by atoms with E-state index in [2.05, 4.69) is 9.97 Å². The van der Waals surface area contributed by atoms with Crippen molar-refractivity contribution in [3.63, 3.8) is 0 Å². The largest absolute Gasteiger partial charge is 0.405 e. The zero-order chi connectivity index (χ0) is 21.9. The number of rotatable bonds is 5. The topological polar surface area (TPSA) is 101 Å². The van der Waals surface area contributed by atoms with Crippen LogP contribution in [0.1, 0.15) is 18.5 Å². The van der Waals surface area contributed by atoms with E-state index >= 15 is 0 Å². The first-order valence-electron chi connectivity index (χ1n) is 9.32. The fourth-order valence-corrected chi connectivity index (χ4v) is 3.33. The molecule has 8 nitrogen and oxygen atoms in total. The molecule has 0 spiro atoms. The highest BCUT2D eigenvalue weighted by molar-refractivity contribution is 5.79. The summed E-state index contributed by atoms with van der Waals surface area (Å²) in [7, 11) is 0. The molecule has 1 saturated heterocycles. The van der Waals surface area contributed by atoms with E-state index in [-0.39, 0.29) is 12.2 Å². The van der Waals surface area contributed by atoms with Crippen molar-refractivity contribution in [3.05, 3.63) is 46.1 Å². The molecule has 1 amide bonds. The number of hydrogen-bond donors (Lipinski definition) is 1. The third-order valence-electron chi connectivity index (χ3n) is 4.74. The number of nitrogens with zero attached hydrogens (tertiary/aromatic N) is 4. The second kappa shape index (κ2) is 8.64. The Morgan fingerprint density at radius 1 is 1.33 bits per heavy atom. The van der Waals surface area contributed by atoms with Gasteiger partial charge in [0.05, 0.1) is 10.8 Å². The molecule has 160 valence electrons. The molecule has 0 bridgehead atoms. The molecule has 1 fully saturated rings. The van der Waals surface area contributed by atoms with E-state index in [4.69, 9.17) is 0 Å². The number of piperidine rings is 1. The zero-order valence-electron chi connectivity index (χ0n) is 16.1. The average Bonchev–Trinajstić information content (AvgIpc) is 2.71. The van der Waals surface area contributed by atoms with Gasteiger partial charge in [0.15, 0.2) is 5.82 Å². The van der Waals surface area contributed by atoms with Crippen LogP contribution in [-0.4, -0.2) is 46.6 Å². The Bertz CT molecular complexity index is 951. The molecular formula is C19H20F3N5O3. The van der Waals surface area contributed by atoms with Gasteiger partial charge in [0.2, 0.25) is 5.91 Å². The molecule has 1 aromatic heterocycles. The molecule has 1 aromatic carbocycles. The first kappa shape index (κ1) is 21.5. The van der Waals surface area contributed by atoms with E-state index < -0.39 is 29.5 Å². The Morgan fingerprint density at radius 3 is 2.80 bits per heavy atom. The molecule has 2 aromatic rings. The predicted molar refractivity (Wildman–Crippen MR) is 103 cm³/mol. The predicted octanol–water partition coefficient (Wildman–Crippen LogP) is 3.26. The van der Waals surface area contributed by atoms with Gasteiger partial charge in [-0.3, -0.25) is 14.9 Å². The summed E-state index contributed by atoms with van der Waals surface area (Å²) in [6.07, 6.45) is -3.34. The number of benzene rings is 1. The van der Waals surface area contributed by atoms with Gasteiger partial charge in [0.1, 0.15) is 12.4 Å². The van der Waals surface area contributed by atoms with Crippen molar-refractivity contribution in [2.24, 2.45) is 5.92 Å². The molecular weight excluding hydrogens is 403 g/mol. The number of anilines is 1. The molecule has 3 rings (SSSR count). The third kappa shape index (κ3) is 5.43. The van der Waals surface area contributed by atoms with Crippen LogP contribution >= 0.6 is 0 Å². The van der Waals surface area contributed by atoms with Gasteiger partial charge in [0, 0.05) is 42.5 Å². The minimum Gasteiger partial charge on any atom is -0.356 e. The quantitative estimate of drug-likeness (QED) is 0.585. The highest BCUT2D eigenvalue weighted by Gasteiger charge is 2.31. The summed E-state index contributed by atoms with van der Waals surface area (Å²) in [5, 5.41) is 13.0. The van der Waals surface area contributed by atoms with Gasteiger partial charge in [-0.25, -0.2) is 9.97 Å². The van der Waals surface area contributed by atoms with Crippen LogP contribution in [0.15, 0.2) is 30.3 Å². The van der Waals surface area contributed by atoms with Crippen molar-refractivity contribution >= 4 is 17.4 Å². The second-order valence-electron chi connectivity index (χ2n) is 7.12. The SMILES string of the molecule is Cc1cc(N2CCCC(C(=O)NCC(F)(F)F)C2)nc(-c2cccc([N+](=O)[O-])c2)n1. The van der Waals surface area contributed by atoms with Crippen LogP contribution in [0.25, 0.3) is 11.4 Å². The van der Waals surface area contributed by atoms with Gasteiger partial charge in [-0.05, 0) is 19.8 Å². The number of amides is 1. The summed E-state index contributed by atoms with van der Waals surface area (Å²) < 4.78 is 37.1. The number of carbonyl (C=O) groups is 1. The van der Waals surface area contributed by atoms with E-state index in [9.17, 15) is 28.1 Å². The number of nitro benzene ring substituents is 1. The number of alkyl halides is 3. The highest BCUT2D eigenvalue weighted by atomic mass is 19.4. The second-order valence-corrected chi connectivity index (χ2v) is 7.12. The smallest absolute Gasteiger partial charge is 0.356 e. The van der Waals surface area contributed by atoms with Crippen molar-refractivity contribution in [3.8, 4) is 11.4 Å². The van der Waals surface area contributed by atoms with Crippen LogP contribution in [-0.2, 0) is 4.79 Å². The van der Waals surface area contributed by atoms with Crippen LogP contribution in [0.2, 0.25) is 0 Å². The molecule has 11 heteroatoms. The lowest BCUT2D eigenvalue weighted by Gasteiger charge is -2.33. The third-order valence-corrected chi connectivity index (χ3v) is 4.74. The summed E-state index contributed by atoms with van der Waals surface area (Å²) in [5.74, 6) is -0.394. The number of carbonyl (C=O) groups excluding carboxylic acids is 1. The fourth-order valence-electron chi connectivity index (χ4n) is 3.33. The number of nitrogens with one attached hydrogen (secondary N) is 1. The van der Waals surface area contributed by atoms with E-state index in [1.165, 1.54) is 12.1 Å². The van der Waals surface area contributed by atoms with Gasteiger partial charge in [-0.1, -0.05) is 12.1 Å². The summed E-state index contributed by atoms with van der Waals surface area (Å²) >= 11 is 0. The minimum absolute atomic E-state index is 0.0847. The fraction of sp³-hybridized carbons (Fsp3) is 0.421. The Morgan fingerprint density at radius 2 is 2.10 bits per heavy atom. The highest BCUT2D eigenvalue weighted by Crippen LogP contribution is 2.27. The molecule has 0 saturated carbocycles.